The molecule has 0 radical (unpaired) electrons. The lowest BCUT2D eigenvalue weighted by Gasteiger charge is -2.10. The normalized spacial score (nSPS) is 17.1. The third-order valence-electron chi connectivity index (χ3n) is 3.31. The third-order valence-corrected chi connectivity index (χ3v) is 3.31. The molecule has 5 nitrogen and oxygen atoms in total. The Labute approximate surface area is 122 Å². The molecule has 21 heavy (non-hydrogen) atoms. The van der Waals surface area contributed by atoms with E-state index in [1.54, 1.807) is 24.3 Å². The van der Waals surface area contributed by atoms with Crippen LogP contribution in [0.15, 0.2) is 36.5 Å². The third kappa shape index (κ3) is 2.67. The number of fused-ring (bicyclic) bond motifs is 1. The van der Waals surface area contributed by atoms with Crippen molar-refractivity contribution < 1.29 is 19.4 Å². The fourth-order valence-corrected chi connectivity index (χ4v) is 2.23. The first-order valence-corrected chi connectivity index (χ1v) is 6.73. The number of nitrogens with zero attached hydrogens (tertiary/aromatic N) is 1. The van der Waals surface area contributed by atoms with Gasteiger partial charge in [-0.2, -0.15) is 0 Å². The Balaban J connectivity index is 2.04. The minimum absolute atomic E-state index is 0.0281. The Bertz CT molecular complexity index is 684. The molecule has 1 N–H and O–H groups in total. The molecule has 1 aliphatic heterocycles. The van der Waals surface area contributed by atoms with Gasteiger partial charge in [0.2, 0.25) is 0 Å². The molecule has 5 heteroatoms. The van der Waals surface area contributed by atoms with Crippen LogP contribution < -0.4 is 9.47 Å². The van der Waals surface area contributed by atoms with Crippen LogP contribution in [-0.4, -0.2) is 29.3 Å². The number of benzene rings is 1. The maximum absolute atomic E-state index is 11.3. The molecule has 1 atom stereocenters. The first kappa shape index (κ1) is 13.4. The largest absolute Gasteiger partial charge is 0.489 e. The Kier molecular flexibility index (Phi) is 3.48. The van der Waals surface area contributed by atoms with Gasteiger partial charge in [-0.25, -0.2) is 9.78 Å². The van der Waals surface area contributed by atoms with E-state index in [2.05, 4.69) is 11.9 Å². The lowest BCUT2D eigenvalue weighted by atomic mass is 10.0. The van der Waals surface area contributed by atoms with Crippen molar-refractivity contribution in [1.29, 1.82) is 0 Å². The number of rotatable bonds is 2. The van der Waals surface area contributed by atoms with E-state index in [0.29, 0.717) is 36.2 Å². The fourth-order valence-electron chi connectivity index (χ4n) is 2.23. The first-order valence-electron chi connectivity index (χ1n) is 6.73. The average molecular weight is 285 g/mol. The zero-order chi connectivity index (χ0) is 14.8. The number of ether oxygens (including phenoxy) is 2. The summed E-state index contributed by atoms with van der Waals surface area (Å²) in [4.78, 5) is 15.2. The highest BCUT2D eigenvalue weighted by Crippen LogP contribution is 2.35. The van der Waals surface area contributed by atoms with Crippen molar-refractivity contribution in [1.82, 2.24) is 4.98 Å². The van der Waals surface area contributed by atoms with Crippen molar-refractivity contribution >= 4 is 5.97 Å². The van der Waals surface area contributed by atoms with Crippen LogP contribution in [0.25, 0.3) is 11.1 Å². The maximum Gasteiger partial charge on any atom is 0.355 e. The minimum Gasteiger partial charge on any atom is -0.489 e. The van der Waals surface area contributed by atoms with Crippen molar-refractivity contribution in [2.75, 3.05) is 13.2 Å². The molecule has 0 saturated carbocycles. The second-order valence-electron chi connectivity index (χ2n) is 5.09. The summed E-state index contributed by atoms with van der Waals surface area (Å²) >= 11 is 0. The summed E-state index contributed by atoms with van der Waals surface area (Å²) in [6, 6.07) is 8.88. The average Bonchev–Trinajstić information content (AvgIpc) is 2.69. The fraction of sp³-hybridized carbons (Fsp3) is 0.250. The van der Waals surface area contributed by atoms with E-state index in [0.717, 1.165) is 5.56 Å². The molecule has 1 unspecified atom stereocenters. The molecule has 1 aliphatic rings. The van der Waals surface area contributed by atoms with Crippen LogP contribution >= 0.6 is 0 Å². The number of carboxylic acids is 1. The summed E-state index contributed by atoms with van der Waals surface area (Å²) < 4.78 is 11.4. The summed E-state index contributed by atoms with van der Waals surface area (Å²) in [6.07, 6.45) is 1.47. The van der Waals surface area contributed by atoms with Gasteiger partial charge in [0.25, 0.3) is 0 Å². The monoisotopic (exact) mass is 285 g/mol. The van der Waals surface area contributed by atoms with Crippen LogP contribution in [0.4, 0.5) is 0 Å². The van der Waals surface area contributed by atoms with E-state index >= 15 is 0 Å². The second-order valence-corrected chi connectivity index (χ2v) is 5.09. The molecule has 2 heterocycles. The van der Waals surface area contributed by atoms with Crippen LogP contribution in [0.5, 0.6) is 11.5 Å². The Morgan fingerprint density at radius 1 is 1.24 bits per heavy atom. The zero-order valence-electron chi connectivity index (χ0n) is 11.6. The van der Waals surface area contributed by atoms with Gasteiger partial charge in [0.1, 0.15) is 0 Å². The number of hydrogen-bond donors (Lipinski definition) is 1. The molecule has 3 rings (SSSR count). The second kappa shape index (κ2) is 5.44. The molecule has 0 fully saturated rings. The molecule has 2 aromatic rings. The van der Waals surface area contributed by atoms with Gasteiger partial charge in [0, 0.05) is 17.7 Å². The summed E-state index contributed by atoms with van der Waals surface area (Å²) in [5, 5.41) is 9.23. The Morgan fingerprint density at radius 3 is 2.76 bits per heavy atom. The van der Waals surface area contributed by atoms with Gasteiger partial charge in [0.05, 0.1) is 13.2 Å². The van der Waals surface area contributed by atoms with E-state index in [1.165, 1.54) is 6.20 Å². The molecule has 0 saturated heterocycles. The molecule has 1 aromatic heterocycles. The predicted molar refractivity (Wildman–Crippen MR) is 76.8 cm³/mol. The van der Waals surface area contributed by atoms with E-state index in [4.69, 9.17) is 9.47 Å². The van der Waals surface area contributed by atoms with Crippen LogP contribution in [0, 0.1) is 5.92 Å². The zero-order valence-corrected chi connectivity index (χ0v) is 11.6. The maximum atomic E-state index is 11.3. The molecule has 0 aliphatic carbocycles. The summed E-state index contributed by atoms with van der Waals surface area (Å²) in [5.74, 6) is 0.584. The van der Waals surface area contributed by atoms with Gasteiger partial charge in [0.15, 0.2) is 17.2 Å². The highest BCUT2D eigenvalue weighted by Gasteiger charge is 2.18. The Hall–Kier alpha value is -2.56. The number of aromatic nitrogens is 1. The topological polar surface area (TPSA) is 68.7 Å². The predicted octanol–water partition coefficient (Wildman–Crippen LogP) is 2.85. The Morgan fingerprint density at radius 2 is 2.00 bits per heavy atom. The number of hydrogen-bond acceptors (Lipinski definition) is 4. The van der Waals surface area contributed by atoms with Gasteiger partial charge < -0.3 is 14.6 Å². The quantitative estimate of drug-likeness (QED) is 0.918. The summed E-state index contributed by atoms with van der Waals surface area (Å²) in [6.45, 7) is 3.24. The SMILES string of the molecule is CC1COc2ccc(-c3cccnc3C(=O)O)cc2OC1. The van der Waals surface area contributed by atoms with Gasteiger partial charge in [-0.3, -0.25) is 0 Å². The number of pyridine rings is 1. The lowest BCUT2D eigenvalue weighted by molar-refractivity contribution is 0.0691. The summed E-state index contributed by atoms with van der Waals surface area (Å²) in [5.41, 5.74) is 1.34. The van der Waals surface area contributed by atoms with E-state index in [1.807, 2.05) is 6.07 Å². The van der Waals surface area contributed by atoms with Crippen molar-refractivity contribution in [3.8, 4) is 22.6 Å². The van der Waals surface area contributed by atoms with Gasteiger partial charge in [-0.1, -0.05) is 19.1 Å². The number of aromatic carboxylic acids is 1. The van der Waals surface area contributed by atoms with E-state index in [-0.39, 0.29) is 5.69 Å². The molecular weight excluding hydrogens is 270 g/mol. The first-order chi connectivity index (χ1) is 10.1. The smallest absolute Gasteiger partial charge is 0.355 e. The van der Waals surface area contributed by atoms with Crippen LogP contribution in [0.1, 0.15) is 17.4 Å². The van der Waals surface area contributed by atoms with Crippen LogP contribution in [0.3, 0.4) is 0 Å². The molecule has 0 spiro atoms. The number of carbonyl (C=O) groups is 1. The van der Waals surface area contributed by atoms with E-state index < -0.39 is 5.97 Å². The summed E-state index contributed by atoms with van der Waals surface area (Å²) in [7, 11) is 0. The lowest BCUT2D eigenvalue weighted by Crippen LogP contribution is -2.12. The van der Waals surface area contributed by atoms with E-state index in [9.17, 15) is 9.90 Å². The molecule has 1 aromatic carbocycles. The molecular formula is C16H15NO4. The standard InChI is InChI=1S/C16H15NO4/c1-10-8-20-13-5-4-11(7-14(13)21-9-10)12-3-2-6-17-15(12)16(18)19/h2-7,10H,8-9H2,1H3,(H,18,19). The van der Waals surface area contributed by atoms with Gasteiger partial charge in [-0.15, -0.1) is 0 Å². The molecule has 108 valence electrons. The highest BCUT2D eigenvalue weighted by molar-refractivity contribution is 5.94. The van der Waals surface area contributed by atoms with Gasteiger partial charge >= 0.3 is 5.97 Å². The van der Waals surface area contributed by atoms with Crippen molar-refractivity contribution in [3.63, 3.8) is 0 Å². The minimum atomic E-state index is -1.05. The molecule has 0 bridgehead atoms. The van der Waals surface area contributed by atoms with Crippen molar-refractivity contribution in [3.05, 3.63) is 42.2 Å². The highest BCUT2D eigenvalue weighted by atomic mass is 16.5. The number of carboxylic acid groups (broad SMARTS) is 1. The molecule has 0 amide bonds. The van der Waals surface area contributed by atoms with Crippen LogP contribution in [-0.2, 0) is 0 Å². The van der Waals surface area contributed by atoms with Crippen molar-refractivity contribution in [2.24, 2.45) is 5.92 Å². The van der Waals surface area contributed by atoms with Crippen LogP contribution in [0.2, 0.25) is 0 Å². The van der Waals surface area contributed by atoms with Gasteiger partial charge in [-0.05, 0) is 23.8 Å². The van der Waals surface area contributed by atoms with Crippen molar-refractivity contribution in [2.45, 2.75) is 6.92 Å².